The van der Waals surface area contributed by atoms with E-state index >= 15 is 0 Å². The van der Waals surface area contributed by atoms with Gasteiger partial charge in [-0.3, -0.25) is 4.79 Å². The Morgan fingerprint density at radius 1 is 1.10 bits per heavy atom. The van der Waals surface area contributed by atoms with Gasteiger partial charge in [-0.2, -0.15) is 0 Å². The Balaban J connectivity index is 2.07. The Kier molecular flexibility index (Phi) is 3.04. The molecule has 2 aromatic heterocycles. The predicted octanol–water partition coefficient (Wildman–Crippen LogP) is 2.03. The Bertz CT molecular complexity index is 755. The minimum atomic E-state index is -0.668. The number of ketones is 1. The second kappa shape index (κ2) is 5.00. The smallest absolute Gasteiger partial charge is 0.234 e. The van der Waals surface area contributed by atoms with Crippen molar-refractivity contribution in [2.45, 2.75) is 0 Å². The number of benzene rings is 1. The van der Waals surface area contributed by atoms with Gasteiger partial charge < -0.3 is 0 Å². The zero-order valence-electron chi connectivity index (χ0n) is 10.3. The van der Waals surface area contributed by atoms with Crippen LogP contribution in [0.25, 0.3) is 5.69 Å². The molecule has 0 atom stereocenters. The fourth-order valence-electron chi connectivity index (χ4n) is 1.82. The quantitative estimate of drug-likeness (QED) is 0.682. The molecular formula is C14H9FN4O. The van der Waals surface area contributed by atoms with Gasteiger partial charge in [-0.15, -0.1) is 5.10 Å². The molecule has 0 amide bonds. The highest BCUT2D eigenvalue weighted by Crippen LogP contribution is 2.14. The Labute approximate surface area is 113 Å². The van der Waals surface area contributed by atoms with E-state index in [1.165, 1.54) is 29.2 Å². The molecule has 0 aliphatic heterocycles. The van der Waals surface area contributed by atoms with Crippen molar-refractivity contribution in [3.05, 3.63) is 72.1 Å². The van der Waals surface area contributed by atoms with Crippen molar-refractivity contribution in [3.8, 4) is 5.69 Å². The van der Waals surface area contributed by atoms with Crippen LogP contribution in [0.3, 0.4) is 0 Å². The van der Waals surface area contributed by atoms with Crippen LogP contribution in [0, 0.1) is 5.82 Å². The van der Waals surface area contributed by atoms with E-state index in [9.17, 15) is 9.18 Å². The molecule has 0 aliphatic rings. The summed E-state index contributed by atoms with van der Waals surface area (Å²) in [5.41, 5.74) is 0.588. The summed E-state index contributed by atoms with van der Waals surface area (Å²) in [6.07, 6.45) is 2.66. The maximum Gasteiger partial charge on any atom is 0.234 e. The lowest BCUT2D eigenvalue weighted by Crippen LogP contribution is -2.13. The number of carbonyl (C=O) groups excluding carboxylic acids is 1. The third-order valence-corrected chi connectivity index (χ3v) is 2.76. The van der Waals surface area contributed by atoms with E-state index in [2.05, 4.69) is 15.3 Å². The van der Waals surface area contributed by atoms with E-state index in [0.29, 0.717) is 5.69 Å². The minimum absolute atomic E-state index is 0.161. The van der Waals surface area contributed by atoms with E-state index in [0.717, 1.165) is 0 Å². The van der Waals surface area contributed by atoms with Crippen LogP contribution in [0.5, 0.6) is 0 Å². The highest BCUT2D eigenvalue weighted by molar-refractivity contribution is 6.06. The summed E-state index contributed by atoms with van der Waals surface area (Å²) < 4.78 is 15.0. The van der Waals surface area contributed by atoms with E-state index in [1.54, 1.807) is 12.1 Å². The number of halogens is 1. The van der Waals surface area contributed by atoms with Crippen LogP contribution < -0.4 is 0 Å². The van der Waals surface area contributed by atoms with Crippen LogP contribution in [0.1, 0.15) is 16.2 Å². The van der Waals surface area contributed by atoms with Crippen LogP contribution in [-0.4, -0.2) is 25.8 Å². The molecule has 0 spiro atoms. The lowest BCUT2D eigenvalue weighted by molar-refractivity contribution is 0.102. The monoisotopic (exact) mass is 268 g/mol. The minimum Gasteiger partial charge on any atom is -0.285 e. The first kappa shape index (κ1) is 12.2. The van der Waals surface area contributed by atoms with Gasteiger partial charge in [0.2, 0.25) is 5.78 Å². The van der Waals surface area contributed by atoms with Gasteiger partial charge in [0, 0.05) is 6.20 Å². The molecule has 0 saturated carbocycles. The van der Waals surface area contributed by atoms with E-state index in [1.807, 2.05) is 18.2 Å². The molecular weight excluding hydrogens is 259 g/mol. The van der Waals surface area contributed by atoms with Gasteiger partial charge in [-0.1, -0.05) is 23.4 Å². The molecule has 0 unspecified atom stereocenters. The molecule has 5 nitrogen and oxygen atoms in total. The number of pyridine rings is 1. The Hall–Kier alpha value is -2.89. The fourth-order valence-corrected chi connectivity index (χ4v) is 1.82. The summed E-state index contributed by atoms with van der Waals surface area (Å²) in [4.78, 5) is 16.1. The average Bonchev–Trinajstić information content (AvgIpc) is 2.97. The van der Waals surface area contributed by atoms with Gasteiger partial charge in [-0.25, -0.2) is 14.1 Å². The van der Waals surface area contributed by atoms with Gasteiger partial charge in [0.15, 0.2) is 5.82 Å². The summed E-state index contributed by atoms with van der Waals surface area (Å²) in [5, 5.41) is 7.57. The lowest BCUT2D eigenvalue weighted by atomic mass is 10.2. The first-order valence-electron chi connectivity index (χ1n) is 5.89. The SMILES string of the molecule is O=C(c1ncccc1F)c1cnnn1-c1ccccc1. The molecule has 20 heavy (non-hydrogen) atoms. The number of hydrogen-bond donors (Lipinski definition) is 0. The van der Waals surface area contributed by atoms with Gasteiger partial charge in [0.25, 0.3) is 0 Å². The largest absolute Gasteiger partial charge is 0.285 e. The molecule has 98 valence electrons. The number of rotatable bonds is 3. The number of hydrogen-bond acceptors (Lipinski definition) is 4. The number of aromatic nitrogens is 4. The molecule has 6 heteroatoms. The Morgan fingerprint density at radius 3 is 2.65 bits per heavy atom. The second-order valence-corrected chi connectivity index (χ2v) is 4.03. The van der Waals surface area contributed by atoms with E-state index < -0.39 is 11.6 Å². The maximum absolute atomic E-state index is 13.6. The molecule has 0 aliphatic carbocycles. The maximum atomic E-state index is 13.6. The highest BCUT2D eigenvalue weighted by Gasteiger charge is 2.20. The van der Waals surface area contributed by atoms with E-state index in [-0.39, 0.29) is 11.4 Å². The van der Waals surface area contributed by atoms with Crippen molar-refractivity contribution in [1.82, 2.24) is 20.0 Å². The zero-order valence-corrected chi connectivity index (χ0v) is 10.3. The van der Waals surface area contributed by atoms with Crippen LogP contribution in [0.2, 0.25) is 0 Å². The molecule has 3 aromatic rings. The highest BCUT2D eigenvalue weighted by atomic mass is 19.1. The number of carbonyl (C=O) groups is 1. The zero-order chi connectivity index (χ0) is 13.9. The molecule has 0 radical (unpaired) electrons. The summed E-state index contributed by atoms with van der Waals surface area (Å²) in [6.45, 7) is 0. The van der Waals surface area contributed by atoms with Crippen LogP contribution in [0.4, 0.5) is 4.39 Å². The Morgan fingerprint density at radius 2 is 1.90 bits per heavy atom. The van der Waals surface area contributed by atoms with Crippen molar-refractivity contribution in [3.63, 3.8) is 0 Å². The third-order valence-electron chi connectivity index (χ3n) is 2.76. The standard InChI is InChI=1S/C14H9FN4O/c15-11-7-4-8-16-13(11)14(20)12-9-17-18-19(12)10-5-2-1-3-6-10/h1-9H. The molecule has 0 bridgehead atoms. The summed E-state index contributed by atoms with van der Waals surface area (Å²) >= 11 is 0. The summed E-state index contributed by atoms with van der Waals surface area (Å²) in [6, 6.07) is 11.6. The van der Waals surface area contributed by atoms with Crippen molar-refractivity contribution in [1.29, 1.82) is 0 Å². The van der Waals surface area contributed by atoms with Gasteiger partial charge in [-0.05, 0) is 24.3 Å². The average molecular weight is 268 g/mol. The van der Waals surface area contributed by atoms with Gasteiger partial charge >= 0.3 is 0 Å². The van der Waals surface area contributed by atoms with Gasteiger partial charge in [0.1, 0.15) is 11.4 Å². The third kappa shape index (κ3) is 2.07. The summed E-state index contributed by atoms with van der Waals surface area (Å²) in [5.74, 6) is -1.23. The topological polar surface area (TPSA) is 60.7 Å². The lowest BCUT2D eigenvalue weighted by Gasteiger charge is -2.05. The van der Waals surface area contributed by atoms with E-state index in [4.69, 9.17) is 0 Å². The van der Waals surface area contributed by atoms with Crippen molar-refractivity contribution >= 4 is 5.78 Å². The van der Waals surface area contributed by atoms with Crippen molar-refractivity contribution < 1.29 is 9.18 Å². The normalized spacial score (nSPS) is 10.4. The summed E-state index contributed by atoms with van der Waals surface area (Å²) in [7, 11) is 0. The van der Waals surface area contributed by atoms with Crippen molar-refractivity contribution in [2.75, 3.05) is 0 Å². The first-order chi connectivity index (χ1) is 9.77. The molecule has 2 heterocycles. The predicted molar refractivity (Wildman–Crippen MR) is 69.0 cm³/mol. The van der Waals surface area contributed by atoms with Gasteiger partial charge in [0.05, 0.1) is 11.9 Å². The van der Waals surface area contributed by atoms with Crippen molar-refractivity contribution in [2.24, 2.45) is 0 Å². The number of nitrogens with zero attached hydrogens (tertiary/aromatic N) is 4. The van der Waals surface area contributed by atoms with Crippen LogP contribution in [-0.2, 0) is 0 Å². The molecule has 3 rings (SSSR count). The first-order valence-corrected chi connectivity index (χ1v) is 5.89. The number of para-hydroxylation sites is 1. The molecule has 0 saturated heterocycles. The molecule has 0 N–H and O–H groups in total. The second-order valence-electron chi connectivity index (χ2n) is 4.03. The molecule has 1 aromatic carbocycles. The van der Waals surface area contributed by atoms with Crippen LogP contribution in [0.15, 0.2) is 54.9 Å². The van der Waals surface area contributed by atoms with Crippen LogP contribution >= 0.6 is 0 Å². The fraction of sp³-hybridized carbons (Fsp3) is 0. The molecule has 0 fully saturated rings.